The van der Waals surface area contributed by atoms with E-state index in [-0.39, 0.29) is 12.1 Å². The van der Waals surface area contributed by atoms with E-state index in [9.17, 15) is 31.1 Å². The molecule has 0 fully saturated rings. The predicted octanol–water partition coefficient (Wildman–Crippen LogP) is 3.48. The van der Waals surface area contributed by atoms with Crippen molar-refractivity contribution in [3.63, 3.8) is 0 Å². The summed E-state index contributed by atoms with van der Waals surface area (Å²) in [5, 5.41) is 8.48. The minimum Gasteiger partial charge on any atom is -0.478 e. The second kappa shape index (κ2) is 4.27. The van der Waals surface area contributed by atoms with E-state index in [0.717, 1.165) is 0 Å². The molecule has 17 heavy (non-hydrogen) atoms. The Morgan fingerprint density at radius 3 is 2.12 bits per heavy atom. The molecule has 1 N–H and O–H groups in total. The van der Waals surface area contributed by atoms with Crippen molar-refractivity contribution in [1.29, 1.82) is 0 Å². The van der Waals surface area contributed by atoms with E-state index >= 15 is 0 Å². The summed E-state index contributed by atoms with van der Waals surface area (Å²) in [7, 11) is 0. The fourth-order valence-corrected chi connectivity index (χ4v) is 1.27. The summed E-state index contributed by atoms with van der Waals surface area (Å²) >= 11 is 0. The van der Waals surface area contributed by atoms with Crippen LogP contribution in [0.25, 0.3) is 0 Å². The van der Waals surface area contributed by atoms with Gasteiger partial charge in [-0.3, -0.25) is 0 Å². The number of hydrogen-bond donors (Lipinski definition) is 1. The molecule has 0 atom stereocenters. The third kappa shape index (κ3) is 2.51. The van der Waals surface area contributed by atoms with Gasteiger partial charge in [-0.2, -0.15) is 13.2 Å². The smallest absolute Gasteiger partial charge is 0.417 e. The molecule has 8 heteroatoms. The second-order valence-electron chi connectivity index (χ2n) is 2.99. The van der Waals surface area contributed by atoms with Crippen molar-refractivity contribution < 1.29 is 36.2 Å². The number of carboxylic acids is 1. The molecule has 0 amide bonds. The van der Waals surface area contributed by atoms with Gasteiger partial charge < -0.3 is 5.11 Å². The number of hydrogen-bond acceptors (Lipinski definition) is 1. The molecule has 1 rings (SSSR count). The van der Waals surface area contributed by atoms with Gasteiger partial charge in [-0.1, -0.05) is 0 Å². The highest BCUT2D eigenvalue weighted by Gasteiger charge is 2.39. The average molecular weight is 258 g/mol. The lowest BCUT2D eigenvalue weighted by atomic mass is 10.00. The normalized spacial score (nSPS) is 11.9. The maximum Gasteiger partial charge on any atom is 0.417 e. The molecule has 2 nitrogen and oxygen atoms in total. The van der Waals surface area contributed by atoms with Crippen molar-refractivity contribution in [3.05, 3.63) is 34.6 Å². The van der Waals surface area contributed by atoms with Crippen molar-refractivity contribution in [1.82, 2.24) is 0 Å². The van der Waals surface area contributed by atoms with Crippen LogP contribution >= 0.6 is 0 Å². The molecule has 0 bridgehead atoms. The lowest BCUT2D eigenvalue weighted by Gasteiger charge is -2.14. The average Bonchev–Trinajstić information content (AvgIpc) is 2.14. The van der Waals surface area contributed by atoms with Crippen LogP contribution in [-0.4, -0.2) is 11.1 Å². The van der Waals surface area contributed by atoms with Gasteiger partial charge in [0.15, 0.2) is 0 Å². The Morgan fingerprint density at radius 1 is 1.24 bits per heavy atom. The van der Waals surface area contributed by atoms with E-state index in [2.05, 4.69) is 0 Å². The Labute approximate surface area is 90.5 Å². The molecule has 0 saturated heterocycles. The third-order valence-electron chi connectivity index (χ3n) is 1.93. The summed E-state index contributed by atoms with van der Waals surface area (Å²) in [6, 6.07) is 0.279. The zero-order chi connectivity index (χ0) is 13.4. The summed E-state index contributed by atoms with van der Waals surface area (Å²) < 4.78 is 74.7. The van der Waals surface area contributed by atoms with Crippen LogP contribution in [0.15, 0.2) is 12.1 Å². The number of halogens is 6. The van der Waals surface area contributed by atoms with Gasteiger partial charge in [0.1, 0.15) is 5.82 Å². The molecule has 0 unspecified atom stereocenters. The van der Waals surface area contributed by atoms with Crippen molar-refractivity contribution in [2.45, 2.75) is 12.6 Å². The van der Waals surface area contributed by atoms with Gasteiger partial charge in [0.25, 0.3) is 6.43 Å². The summed E-state index contributed by atoms with van der Waals surface area (Å²) in [5.74, 6) is -3.95. The van der Waals surface area contributed by atoms with Crippen molar-refractivity contribution in [2.24, 2.45) is 0 Å². The summed E-state index contributed by atoms with van der Waals surface area (Å²) in [6.45, 7) is 0. The van der Waals surface area contributed by atoms with Gasteiger partial charge in [-0.15, -0.1) is 0 Å². The lowest BCUT2D eigenvalue weighted by molar-refractivity contribution is -0.138. The van der Waals surface area contributed by atoms with E-state index < -0.39 is 41.1 Å². The quantitative estimate of drug-likeness (QED) is 0.824. The Kier molecular flexibility index (Phi) is 3.35. The lowest BCUT2D eigenvalue weighted by Crippen LogP contribution is -2.17. The van der Waals surface area contributed by atoms with E-state index in [4.69, 9.17) is 5.11 Å². The molecule has 0 radical (unpaired) electrons. The largest absolute Gasteiger partial charge is 0.478 e. The molecule has 0 aliphatic heterocycles. The summed E-state index contributed by atoms with van der Waals surface area (Å²) in [5.41, 5.74) is -5.32. The number of rotatable bonds is 2. The molecular weight excluding hydrogens is 254 g/mol. The van der Waals surface area contributed by atoms with Gasteiger partial charge in [-0.25, -0.2) is 18.0 Å². The van der Waals surface area contributed by atoms with Crippen LogP contribution in [0, 0.1) is 5.82 Å². The number of benzene rings is 1. The number of carboxylic acid groups (broad SMARTS) is 1. The van der Waals surface area contributed by atoms with Crippen LogP contribution < -0.4 is 0 Å². The third-order valence-corrected chi connectivity index (χ3v) is 1.93. The second-order valence-corrected chi connectivity index (χ2v) is 2.99. The molecule has 94 valence electrons. The standard InChI is InChI=1S/C9H4F6O2/c10-4-2-1-3(9(13,14)15)5(8(16)17)6(4)7(11)12/h1-2,7H,(H,16,17). The van der Waals surface area contributed by atoms with Crippen LogP contribution in [0.3, 0.4) is 0 Å². The Balaban J connectivity index is 3.66. The number of alkyl halides is 5. The molecule has 0 spiro atoms. The summed E-state index contributed by atoms with van der Waals surface area (Å²) in [6.07, 6.45) is -8.80. The van der Waals surface area contributed by atoms with E-state index in [1.165, 1.54) is 0 Å². The van der Waals surface area contributed by atoms with Gasteiger partial charge in [0, 0.05) is 0 Å². The van der Waals surface area contributed by atoms with Gasteiger partial charge in [0.05, 0.1) is 16.7 Å². The minimum atomic E-state index is -5.15. The first-order valence-electron chi connectivity index (χ1n) is 4.07. The molecule has 0 saturated carbocycles. The fraction of sp³-hybridized carbons (Fsp3) is 0.222. The first kappa shape index (κ1) is 13.3. The van der Waals surface area contributed by atoms with Gasteiger partial charge in [0.2, 0.25) is 0 Å². The minimum absolute atomic E-state index is 0.116. The molecular formula is C9H4F6O2. The van der Waals surface area contributed by atoms with Gasteiger partial charge >= 0.3 is 12.1 Å². The number of aromatic carboxylic acids is 1. The highest BCUT2D eigenvalue weighted by molar-refractivity contribution is 5.91. The van der Waals surface area contributed by atoms with Crippen LogP contribution in [0.4, 0.5) is 26.3 Å². The van der Waals surface area contributed by atoms with Crippen LogP contribution in [0.1, 0.15) is 27.9 Å². The van der Waals surface area contributed by atoms with Crippen molar-refractivity contribution in [3.8, 4) is 0 Å². The maximum atomic E-state index is 12.9. The highest BCUT2D eigenvalue weighted by Crippen LogP contribution is 2.37. The monoisotopic (exact) mass is 258 g/mol. The zero-order valence-corrected chi connectivity index (χ0v) is 7.86. The highest BCUT2D eigenvalue weighted by atomic mass is 19.4. The number of carbonyl (C=O) groups is 1. The predicted molar refractivity (Wildman–Crippen MR) is 43.3 cm³/mol. The van der Waals surface area contributed by atoms with Gasteiger partial charge in [-0.05, 0) is 12.1 Å². The van der Waals surface area contributed by atoms with Crippen LogP contribution in [-0.2, 0) is 6.18 Å². The SMILES string of the molecule is O=C(O)c1c(C(F)(F)F)ccc(F)c1C(F)F. The molecule has 0 aliphatic carbocycles. The Morgan fingerprint density at radius 2 is 1.76 bits per heavy atom. The maximum absolute atomic E-state index is 12.9. The molecule has 0 aromatic heterocycles. The Bertz CT molecular complexity index is 452. The van der Waals surface area contributed by atoms with Crippen LogP contribution in [0.5, 0.6) is 0 Å². The molecule has 1 aromatic rings. The molecule has 0 heterocycles. The Hall–Kier alpha value is -1.73. The molecule has 1 aromatic carbocycles. The first-order chi connectivity index (χ1) is 7.66. The zero-order valence-electron chi connectivity index (χ0n) is 7.86. The van der Waals surface area contributed by atoms with Crippen molar-refractivity contribution in [2.75, 3.05) is 0 Å². The van der Waals surface area contributed by atoms with E-state index in [0.29, 0.717) is 0 Å². The van der Waals surface area contributed by atoms with E-state index in [1.807, 2.05) is 0 Å². The molecule has 0 aliphatic rings. The topological polar surface area (TPSA) is 37.3 Å². The first-order valence-corrected chi connectivity index (χ1v) is 4.07. The van der Waals surface area contributed by atoms with E-state index in [1.54, 1.807) is 0 Å². The van der Waals surface area contributed by atoms with Crippen LogP contribution in [0.2, 0.25) is 0 Å². The fourth-order valence-electron chi connectivity index (χ4n) is 1.27. The van der Waals surface area contributed by atoms with Crippen molar-refractivity contribution >= 4 is 5.97 Å². The summed E-state index contributed by atoms with van der Waals surface area (Å²) in [4.78, 5) is 10.5.